The van der Waals surface area contributed by atoms with E-state index in [0.717, 1.165) is 17.5 Å². The Morgan fingerprint density at radius 1 is 0.906 bits per heavy atom. The molecule has 0 aromatic heterocycles. The Morgan fingerprint density at radius 3 is 2.03 bits per heavy atom. The molecule has 2 rings (SSSR count). The summed E-state index contributed by atoms with van der Waals surface area (Å²) in [6, 6.07) is 17.5. The van der Waals surface area contributed by atoms with Crippen molar-refractivity contribution < 1.29 is 9.59 Å². The molecule has 2 aromatic rings. The van der Waals surface area contributed by atoms with Crippen LogP contribution in [0.1, 0.15) is 30.9 Å². The second kappa shape index (κ2) is 13.1. The van der Waals surface area contributed by atoms with Crippen LogP contribution in [0.25, 0.3) is 0 Å². The molecule has 8 nitrogen and oxygen atoms in total. The van der Waals surface area contributed by atoms with Crippen molar-refractivity contribution in [3.05, 3.63) is 71.8 Å². The SMILES string of the molecule is CC(CCCNC(=N)N)NC(=O)C(Cc1ccccc1)NC(=O)C(N)Cc1ccccc1. The Morgan fingerprint density at radius 2 is 1.47 bits per heavy atom. The van der Waals surface area contributed by atoms with E-state index in [0.29, 0.717) is 25.8 Å². The summed E-state index contributed by atoms with van der Waals surface area (Å²) in [5.74, 6) is -0.677. The average molecular weight is 439 g/mol. The van der Waals surface area contributed by atoms with E-state index in [4.69, 9.17) is 16.9 Å². The molecule has 0 aliphatic rings. The molecule has 0 aliphatic heterocycles. The van der Waals surface area contributed by atoms with E-state index in [1.807, 2.05) is 67.6 Å². The van der Waals surface area contributed by atoms with Crippen molar-refractivity contribution in [2.24, 2.45) is 11.5 Å². The maximum atomic E-state index is 13.0. The summed E-state index contributed by atoms with van der Waals surface area (Å²) in [7, 11) is 0. The van der Waals surface area contributed by atoms with Gasteiger partial charge in [-0.3, -0.25) is 15.0 Å². The van der Waals surface area contributed by atoms with Crippen LogP contribution in [-0.2, 0) is 22.4 Å². The topological polar surface area (TPSA) is 146 Å². The summed E-state index contributed by atoms with van der Waals surface area (Å²) in [4.78, 5) is 25.7. The van der Waals surface area contributed by atoms with Crippen molar-refractivity contribution in [3.63, 3.8) is 0 Å². The van der Waals surface area contributed by atoms with E-state index in [2.05, 4.69) is 16.0 Å². The zero-order valence-corrected chi connectivity index (χ0v) is 18.5. The molecule has 172 valence electrons. The summed E-state index contributed by atoms with van der Waals surface area (Å²) >= 11 is 0. The van der Waals surface area contributed by atoms with Crippen LogP contribution in [0.2, 0.25) is 0 Å². The number of benzene rings is 2. The third kappa shape index (κ3) is 9.18. The standard InChI is InChI=1S/C24H34N6O2/c1-17(9-8-14-28-24(26)27)29-23(32)21(16-19-12-6-3-7-13-19)30-22(31)20(25)15-18-10-4-2-5-11-18/h2-7,10-13,17,20-21H,8-9,14-16,25H2,1H3,(H,29,32)(H,30,31)(H4,26,27,28). The van der Waals surface area contributed by atoms with Crippen LogP contribution in [0, 0.1) is 5.41 Å². The summed E-state index contributed by atoms with van der Waals surface area (Å²) in [6.07, 6.45) is 2.23. The molecule has 32 heavy (non-hydrogen) atoms. The summed E-state index contributed by atoms with van der Waals surface area (Å²) in [5, 5.41) is 15.7. The van der Waals surface area contributed by atoms with E-state index in [-0.39, 0.29) is 23.8 Å². The maximum absolute atomic E-state index is 13.0. The molecule has 0 radical (unpaired) electrons. The van der Waals surface area contributed by atoms with E-state index in [1.165, 1.54) is 0 Å². The minimum atomic E-state index is -0.751. The van der Waals surface area contributed by atoms with Gasteiger partial charge in [0.1, 0.15) is 6.04 Å². The minimum absolute atomic E-state index is 0.0702. The zero-order chi connectivity index (χ0) is 23.3. The minimum Gasteiger partial charge on any atom is -0.370 e. The highest BCUT2D eigenvalue weighted by atomic mass is 16.2. The average Bonchev–Trinajstić information content (AvgIpc) is 2.77. The second-order valence-electron chi connectivity index (χ2n) is 7.94. The van der Waals surface area contributed by atoms with Crippen LogP contribution in [0.15, 0.2) is 60.7 Å². The van der Waals surface area contributed by atoms with Crippen molar-refractivity contribution in [2.75, 3.05) is 6.54 Å². The molecule has 0 heterocycles. The number of amides is 2. The van der Waals surface area contributed by atoms with Gasteiger partial charge in [-0.2, -0.15) is 0 Å². The lowest BCUT2D eigenvalue weighted by Crippen LogP contribution is -2.54. The van der Waals surface area contributed by atoms with E-state index < -0.39 is 12.1 Å². The number of carbonyl (C=O) groups excluding carboxylic acids is 2. The van der Waals surface area contributed by atoms with Crippen molar-refractivity contribution in [1.82, 2.24) is 16.0 Å². The number of nitrogens with one attached hydrogen (secondary N) is 4. The highest BCUT2D eigenvalue weighted by Crippen LogP contribution is 2.07. The predicted molar refractivity (Wildman–Crippen MR) is 127 cm³/mol. The fourth-order valence-electron chi connectivity index (χ4n) is 3.35. The lowest BCUT2D eigenvalue weighted by atomic mass is 10.0. The molecule has 3 atom stereocenters. The van der Waals surface area contributed by atoms with Gasteiger partial charge in [-0.05, 0) is 37.3 Å². The van der Waals surface area contributed by atoms with Crippen LogP contribution < -0.4 is 27.4 Å². The molecule has 3 unspecified atom stereocenters. The molecular formula is C24H34N6O2. The summed E-state index contributed by atoms with van der Waals surface area (Å²) in [6.45, 7) is 2.47. The van der Waals surface area contributed by atoms with Crippen molar-refractivity contribution in [2.45, 2.75) is 50.7 Å². The number of hydrogen-bond acceptors (Lipinski definition) is 4. The lowest BCUT2D eigenvalue weighted by Gasteiger charge is -2.23. The van der Waals surface area contributed by atoms with E-state index >= 15 is 0 Å². The molecule has 2 aromatic carbocycles. The van der Waals surface area contributed by atoms with Gasteiger partial charge in [0.2, 0.25) is 11.8 Å². The second-order valence-corrected chi connectivity index (χ2v) is 7.94. The number of hydrogen-bond donors (Lipinski definition) is 6. The van der Waals surface area contributed by atoms with Gasteiger partial charge in [0.05, 0.1) is 6.04 Å². The highest BCUT2D eigenvalue weighted by Gasteiger charge is 2.25. The van der Waals surface area contributed by atoms with Crippen LogP contribution in [0.4, 0.5) is 0 Å². The van der Waals surface area contributed by atoms with Gasteiger partial charge in [-0.1, -0.05) is 60.7 Å². The van der Waals surface area contributed by atoms with Gasteiger partial charge >= 0.3 is 0 Å². The molecule has 0 fully saturated rings. The molecule has 0 spiro atoms. The Kier molecular flexibility index (Phi) is 10.2. The first-order valence-electron chi connectivity index (χ1n) is 10.9. The fourth-order valence-corrected chi connectivity index (χ4v) is 3.35. The highest BCUT2D eigenvalue weighted by molar-refractivity contribution is 5.90. The van der Waals surface area contributed by atoms with Gasteiger partial charge in [0.15, 0.2) is 5.96 Å². The number of carbonyl (C=O) groups is 2. The largest absolute Gasteiger partial charge is 0.370 e. The van der Waals surface area contributed by atoms with Gasteiger partial charge in [0.25, 0.3) is 0 Å². The molecular weight excluding hydrogens is 404 g/mol. The monoisotopic (exact) mass is 438 g/mol. The van der Waals surface area contributed by atoms with Crippen molar-refractivity contribution in [3.8, 4) is 0 Å². The van der Waals surface area contributed by atoms with Crippen LogP contribution in [-0.4, -0.2) is 42.4 Å². The first kappa shape index (κ1) is 24.9. The molecule has 0 saturated carbocycles. The molecule has 2 amide bonds. The molecule has 8 N–H and O–H groups in total. The predicted octanol–water partition coefficient (Wildman–Crippen LogP) is 1.05. The maximum Gasteiger partial charge on any atom is 0.243 e. The third-order valence-electron chi connectivity index (χ3n) is 5.07. The van der Waals surface area contributed by atoms with Gasteiger partial charge < -0.3 is 27.4 Å². The van der Waals surface area contributed by atoms with Crippen LogP contribution in [0.5, 0.6) is 0 Å². The van der Waals surface area contributed by atoms with Gasteiger partial charge in [-0.15, -0.1) is 0 Å². The lowest BCUT2D eigenvalue weighted by molar-refractivity contribution is -0.130. The summed E-state index contributed by atoms with van der Waals surface area (Å²) < 4.78 is 0. The number of nitrogens with two attached hydrogens (primary N) is 2. The number of rotatable bonds is 12. The third-order valence-corrected chi connectivity index (χ3v) is 5.07. The Balaban J connectivity index is 1.97. The molecule has 8 heteroatoms. The van der Waals surface area contributed by atoms with Crippen molar-refractivity contribution >= 4 is 17.8 Å². The Labute approximate surface area is 189 Å². The van der Waals surface area contributed by atoms with E-state index in [1.54, 1.807) is 0 Å². The van der Waals surface area contributed by atoms with Crippen molar-refractivity contribution in [1.29, 1.82) is 5.41 Å². The quantitative estimate of drug-likeness (QED) is 0.167. The first-order chi connectivity index (χ1) is 15.3. The number of guanidine groups is 1. The molecule has 0 bridgehead atoms. The van der Waals surface area contributed by atoms with Crippen LogP contribution >= 0.6 is 0 Å². The smallest absolute Gasteiger partial charge is 0.243 e. The zero-order valence-electron chi connectivity index (χ0n) is 18.5. The fraction of sp³-hybridized carbons (Fsp3) is 0.375. The molecule has 0 saturated heterocycles. The van der Waals surface area contributed by atoms with Gasteiger partial charge in [-0.25, -0.2) is 0 Å². The summed E-state index contributed by atoms with van der Waals surface area (Å²) in [5.41, 5.74) is 13.3. The van der Waals surface area contributed by atoms with E-state index in [9.17, 15) is 9.59 Å². The van der Waals surface area contributed by atoms with Gasteiger partial charge in [0, 0.05) is 19.0 Å². The van der Waals surface area contributed by atoms with Crippen LogP contribution in [0.3, 0.4) is 0 Å². The normalized spacial score (nSPS) is 13.4. The molecule has 0 aliphatic carbocycles. The Hall–Kier alpha value is -3.39. The Bertz CT molecular complexity index is 859. The first-order valence-corrected chi connectivity index (χ1v) is 10.9.